The molecule has 0 bridgehead atoms. The normalized spacial score (nSPS) is 12.4. The lowest BCUT2D eigenvalue weighted by Crippen LogP contribution is -2.01. The second kappa shape index (κ2) is 5.67. The summed E-state index contributed by atoms with van der Waals surface area (Å²) in [6.07, 6.45) is 0.110. The van der Waals surface area contributed by atoms with E-state index < -0.39 is 6.10 Å². The SMILES string of the molecule is COc1ccc(Br)c(CC(O)c2ccsc2)c1. The molecule has 0 saturated heterocycles. The van der Waals surface area contributed by atoms with Crippen LogP contribution in [0.15, 0.2) is 39.5 Å². The van der Waals surface area contributed by atoms with E-state index in [-0.39, 0.29) is 0 Å². The smallest absolute Gasteiger partial charge is 0.119 e. The highest BCUT2D eigenvalue weighted by atomic mass is 79.9. The molecule has 0 aliphatic heterocycles. The second-order valence-electron chi connectivity index (χ2n) is 3.73. The van der Waals surface area contributed by atoms with Crippen LogP contribution in [0.5, 0.6) is 5.75 Å². The van der Waals surface area contributed by atoms with Crippen LogP contribution in [0, 0.1) is 0 Å². The Kier molecular flexibility index (Phi) is 4.20. The first-order chi connectivity index (χ1) is 8.20. The van der Waals surface area contributed by atoms with Crippen LogP contribution in [0.3, 0.4) is 0 Å². The molecular weight excluding hydrogens is 300 g/mol. The summed E-state index contributed by atoms with van der Waals surface area (Å²) in [5, 5.41) is 14.0. The topological polar surface area (TPSA) is 29.5 Å². The van der Waals surface area contributed by atoms with Crippen molar-refractivity contribution in [3.05, 3.63) is 50.6 Å². The highest BCUT2D eigenvalue weighted by Crippen LogP contribution is 2.28. The van der Waals surface area contributed by atoms with Gasteiger partial charge in [-0.3, -0.25) is 0 Å². The van der Waals surface area contributed by atoms with Gasteiger partial charge in [-0.05, 0) is 46.2 Å². The van der Waals surface area contributed by atoms with Crippen molar-refractivity contribution in [3.63, 3.8) is 0 Å². The van der Waals surface area contributed by atoms with Gasteiger partial charge in [0.2, 0.25) is 0 Å². The van der Waals surface area contributed by atoms with E-state index in [1.165, 1.54) is 0 Å². The summed E-state index contributed by atoms with van der Waals surface area (Å²) in [6.45, 7) is 0. The Hall–Kier alpha value is -0.840. The summed E-state index contributed by atoms with van der Waals surface area (Å²) in [6, 6.07) is 7.72. The van der Waals surface area contributed by atoms with Gasteiger partial charge in [0.1, 0.15) is 5.75 Å². The molecule has 1 atom stereocenters. The van der Waals surface area contributed by atoms with E-state index in [9.17, 15) is 5.11 Å². The van der Waals surface area contributed by atoms with Crippen molar-refractivity contribution in [1.82, 2.24) is 0 Å². The number of halogens is 1. The Morgan fingerprint density at radius 3 is 2.88 bits per heavy atom. The van der Waals surface area contributed by atoms with E-state index in [1.54, 1.807) is 18.4 Å². The molecule has 2 nitrogen and oxygen atoms in total. The Balaban J connectivity index is 2.18. The second-order valence-corrected chi connectivity index (χ2v) is 5.37. The third kappa shape index (κ3) is 3.09. The Labute approximate surface area is 113 Å². The number of benzene rings is 1. The molecule has 4 heteroatoms. The van der Waals surface area contributed by atoms with Crippen LogP contribution in [-0.2, 0) is 6.42 Å². The number of rotatable bonds is 4. The van der Waals surface area contributed by atoms with E-state index in [0.29, 0.717) is 6.42 Å². The zero-order chi connectivity index (χ0) is 12.3. The average Bonchev–Trinajstić information content (AvgIpc) is 2.85. The van der Waals surface area contributed by atoms with Gasteiger partial charge in [0, 0.05) is 10.9 Å². The number of hydrogen-bond acceptors (Lipinski definition) is 3. The summed E-state index contributed by atoms with van der Waals surface area (Å²) < 4.78 is 6.17. The number of ether oxygens (including phenoxy) is 1. The molecule has 1 heterocycles. The van der Waals surface area contributed by atoms with Gasteiger partial charge < -0.3 is 9.84 Å². The molecule has 0 saturated carbocycles. The molecular formula is C13H13BrO2S. The number of hydrogen-bond donors (Lipinski definition) is 1. The fourth-order valence-corrected chi connectivity index (χ4v) is 2.74. The van der Waals surface area contributed by atoms with Crippen LogP contribution in [0.4, 0.5) is 0 Å². The van der Waals surface area contributed by atoms with E-state index in [2.05, 4.69) is 15.9 Å². The zero-order valence-corrected chi connectivity index (χ0v) is 11.8. The van der Waals surface area contributed by atoms with Crippen LogP contribution in [-0.4, -0.2) is 12.2 Å². The largest absolute Gasteiger partial charge is 0.497 e. The summed E-state index contributed by atoms with van der Waals surface area (Å²) in [4.78, 5) is 0. The van der Waals surface area contributed by atoms with E-state index in [0.717, 1.165) is 21.3 Å². The maximum atomic E-state index is 10.1. The summed E-state index contributed by atoms with van der Waals surface area (Å²) in [5.41, 5.74) is 2.01. The lowest BCUT2D eigenvalue weighted by Gasteiger charge is -2.11. The molecule has 0 amide bonds. The molecule has 2 aromatic rings. The van der Waals surface area contributed by atoms with Crippen LogP contribution < -0.4 is 4.74 Å². The summed E-state index contributed by atoms with van der Waals surface area (Å²) >= 11 is 5.08. The van der Waals surface area contributed by atoms with Crippen molar-refractivity contribution < 1.29 is 9.84 Å². The molecule has 0 aliphatic carbocycles. The van der Waals surface area contributed by atoms with E-state index in [1.807, 2.05) is 35.0 Å². The molecule has 90 valence electrons. The standard InChI is InChI=1S/C13H13BrO2S/c1-16-11-2-3-12(14)10(6-11)7-13(15)9-4-5-17-8-9/h2-6,8,13,15H,7H2,1H3. The first kappa shape index (κ1) is 12.6. The Morgan fingerprint density at radius 1 is 1.41 bits per heavy atom. The van der Waals surface area contributed by atoms with Gasteiger partial charge in [0.15, 0.2) is 0 Å². The van der Waals surface area contributed by atoms with Gasteiger partial charge >= 0.3 is 0 Å². The fraction of sp³-hybridized carbons (Fsp3) is 0.231. The van der Waals surface area contributed by atoms with Gasteiger partial charge in [-0.1, -0.05) is 15.9 Å². The van der Waals surface area contributed by atoms with Gasteiger partial charge in [-0.25, -0.2) is 0 Å². The monoisotopic (exact) mass is 312 g/mol. The quantitative estimate of drug-likeness (QED) is 0.930. The third-order valence-corrected chi connectivity index (χ3v) is 4.07. The predicted molar refractivity (Wildman–Crippen MR) is 73.7 cm³/mol. The maximum Gasteiger partial charge on any atom is 0.119 e. The molecule has 17 heavy (non-hydrogen) atoms. The first-order valence-corrected chi connectivity index (χ1v) is 6.97. The van der Waals surface area contributed by atoms with Gasteiger partial charge in [-0.2, -0.15) is 11.3 Å². The van der Waals surface area contributed by atoms with Crippen molar-refractivity contribution in [2.75, 3.05) is 7.11 Å². The zero-order valence-electron chi connectivity index (χ0n) is 9.39. The van der Waals surface area contributed by atoms with Crippen molar-refractivity contribution in [1.29, 1.82) is 0 Å². The number of aliphatic hydroxyl groups excluding tert-OH is 1. The molecule has 0 fully saturated rings. The molecule has 2 rings (SSSR count). The van der Waals surface area contributed by atoms with E-state index in [4.69, 9.17) is 4.74 Å². The molecule has 1 aromatic heterocycles. The Morgan fingerprint density at radius 2 is 2.24 bits per heavy atom. The van der Waals surface area contributed by atoms with Crippen molar-refractivity contribution >= 4 is 27.3 Å². The van der Waals surface area contributed by atoms with Crippen LogP contribution in [0.2, 0.25) is 0 Å². The minimum atomic E-state index is -0.468. The Bertz CT molecular complexity index is 482. The number of thiophene rings is 1. The lowest BCUT2D eigenvalue weighted by atomic mass is 10.0. The summed E-state index contributed by atoms with van der Waals surface area (Å²) in [7, 11) is 1.64. The van der Waals surface area contributed by atoms with Gasteiger partial charge in [-0.15, -0.1) is 0 Å². The summed E-state index contributed by atoms with van der Waals surface area (Å²) in [5.74, 6) is 0.806. The minimum Gasteiger partial charge on any atom is -0.497 e. The fourth-order valence-electron chi connectivity index (χ4n) is 1.63. The minimum absolute atomic E-state index is 0.468. The van der Waals surface area contributed by atoms with Gasteiger partial charge in [0.25, 0.3) is 0 Å². The molecule has 1 N–H and O–H groups in total. The third-order valence-electron chi connectivity index (χ3n) is 2.59. The molecule has 1 unspecified atom stereocenters. The molecule has 1 aromatic carbocycles. The van der Waals surface area contributed by atoms with Crippen LogP contribution in [0.25, 0.3) is 0 Å². The maximum absolute atomic E-state index is 10.1. The molecule has 0 radical (unpaired) electrons. The van der Waals surface area contributed by atoms with Crippen molar-refractivity contribution in [2.45, 2.75) is 12.5 Å². The lowest BCUT2D eigenvalue weighted by molar-refractivity contribution is 0.178. The van der Waals surface area contributed by atoms with Gasteiger partial charge in [0.05, 0.1) is 13.2 Å². The molecule has 0 aliphatic rings. The van der Waals surface area contributed by atoms with Crippen molar-refractivity contribution in [3.8, 4) is 5.75 Å². The highest BCUT2D eigenvalue weighted by Gasteiger charge is 2.11. The van der Waals surface area contributed by atoms with Crippen LogP contribution >= 0.6 is 27.3 Å². The first-order valence-electron chi connectivity index (χ1n) is 5.23. The van der Waals surface area contributed by atoms with Crippen LogP contribution in [0.1, 0.15) is 17.2 Å². The number of aliphatic hydroxyl groups is 1. The number of methoxy groups -OCH3 is 1. The highest BCUT2D eigenvalue weighted by molar-refractivity contribution is 9.10. The molecule has 0 spiro atoms. The van der Waals surface area contributed by atoms with Crippen molar-refractivity contribution in [2.24, 2.45) is 0 Å². The average molecular weight is 313 g/mol. The van der Waals surface area contributed by atoms with E-state index >= 15 is 0 Å². The predicted octanol–water partition coefficient (Wildman–Crippen LogP) is 3.80.